The molecule has 0 spiro atoms. The molecule has 6 nitrogen and oxygen atoms in total. The van der Waals surface area contributed by atoms with E-state index in [9.17, 15) is 14.4 Å². The Labute approximate surface area is 151 Å². The number of urea groups is 1. The summed E-state index contributed by atoms with van der Waals surface area (Å²) in [5.74, 6) is 0.0770. The van der Waals surface area contributed by atoms with E-state index in [2.05, 4.69) is 5.32 Å². The molecule has 0 aliphatic carbocycles. The van der Waals surface area contributed by atoms with Crippen molar-refractivity contribution in [1.29, 1.82) is 0 Å². The molecule has 1 atom stereocenters. The van der Waals surface area contributed by atoms with Crippen molar-refractivity contribution in [3.63, 3.8) is 0 Å². The number of hydrogen-bond acceptors (Lipinski definition) is 4. The van der Waals surface area contributed by atoms with E-state index in [-0.39, 0.29) is 18.2 Å². The van der Waals surface area contributed by atoms with Gasteiger partial charge >= 0.3 is 6.03 Å². The highest BCUT2D eigenvalue weighted by molar-refractivity contribution is 6.07. The van der Waals surface area contributed by atoms with Crippen LogP contribution in [0.4, 0.5) is 4.79 Å². The number of methoxy groups -OCH3 is 1. The summed E-state index contributed by atoms with van der Waals surface area (Å²) in [7, 11) is 1.51. The van der Waals surface area contributed by atoms with Crippen molar-refractivity contribution in [1.82, 2.24) is 10.2 Å². The van der Waals surface area contributed by atoms with Crippen molar-refractivity contribution in [2.24, 2.45) is 0 Å². The Hall–Kier alpha value is -3.15. The molecule has 3 rings (SSSR count). The minimum absolute atomic E-state index is 0.0252. The highest BCUT2D eigenvalue weighted by Crippen LogP contribution is 2.31. The van der Waals surface area contributed by atoms with Crippen LogP contribution in [0, 0.1) is 0 Å². The third-order valence-electron chi connectivity index (χ3n) is 4.64. The summed E-state index contributed by atoms with van der Waals surface area (Å²) >= 11 is 0. The molecule has 2 aromatic carbocycles. The summed E-state index contributed by atoms with van der Waals surface area (Å²) in [4.78, 5) is 38.3. The number of hydrogen-bond donors (Lipinski definition) is 1. The molecule has 2 aromatic rings. The van der Waals surface area contributed by atoms with Crippen LogP contribution in [0.15, 0.2) is 48.5 Å². The Morgan fingerprint density at radius 1 is 1.15 bits per heavy atom. The van der Waals surface area contributed by atoms with Gasteiger partial charge < -0.3 is 10.1 Å². The Morgan fingerprint density at radius 2 is 1.85 bits per heavy atom. The molecule has 1 fully saturated rings. The maximum Gasteiger partial charge on any atom is 0.325 e. The SMILES string of the molecule is COc1ccc(C(C)=O)cc1CN1C(=O)N[C@](C)(c2ccccc2)C1=O. The first-order chi connectivity index (χ1) is 12.4. The molecule has 1 aliphatic heterocycles. The standard InChI is InChI=1S/C20H20N2O4/c1-13(23)14-9-10-17(26-3)15(11-14)12-22-18(24)20(2,21-19(22)25)16-7-5-4-6-8-16/h4-11H,12H2,1-3H3,(H,21,25)/t20-/m1/s1. The Kier molecular flexibility index (Phi) is 4.50. The number of imide groups is 1. The number of nitrogens with zero attached hydrogens (tertiary/aromatic N) is 1. The van der Waals surface area contributed by atoms with E-state index < -0.39 is 11.6 Å². The van der Waals surface area contributed by atoms with E-state index in [1.807, 2.05) is 18.2 Å². The topological polar surface area (TPSA) is 75.7 Å². The molecular weight excluding hydrogens is 332 g/mol. The monoisotopic (exact) mass is 352 g/mol. The molecule has 0 aromatic heterocycles. The van der Waals surface area contributed by atoms with Crippen LogP contribution >= 0.6 is 0 Å². The number of benzene rings is 2. The summed E-state index contributed by atoms with van der Waals surface area (Å²) in [6.45, 7) is 3.18. The van der Waals surface area contributed by atoms with Gasteiger partial charge in [0.05, 0.1) is 13.7 Å². The summed E-state index contributed by atoms with van der Waals surface area (Å²) in [5.41, 5.74) is 0.689. The first kappa shape index (κ1) is 17.7. The molecule has 134 valence electrons. The molecule has 1 saturated heterocycles. The molecule has 1 heterocycles. The molecule has 26 heavy (non-hydrogen) atoms. The van der Waals surface area contributed by atoms with Crippen LogP contribution in [0.1, 0.15) is 35.3 Å². The Bertz CT molecular complexity index is 879. The summed E-state index contributed by atoms with van der Waals surface area (Å²) < 4.78 is 5.32. The van der Waals surface area contributed by atoms with Gasteiger partial charge in [0.25, 0.3) is 5.91 Å². The first-order valence-corrected chi connectivity index (χ1v) is 8.24. The molecule has 1 N–H and O–H groups in total. The molecule has 0 radical (unpaired) electrons. The van der Waals surface area contributed by atoms with Gasteiger partial charge in [-0.25, -0.2) is 4.79 Å². The first-order valence-electron chi connectivity index (χ1n) is 8.24. The highest BCUT2D eigenvalue weighted by atomic mass is 16.5. The highest BCUT2D eigenvalue weighted by Gasteiger charge is 2.48. The molecule has 3 amide bonds. The van der Waals surface area contributed by atoms with Gasteiger partial charge in [-0.3, -0.25) is 14.5 Å². The third-order valence-corrected chi connectivity index (χ3v) is 4.64. The number of carbonyl (C=O) groups excluding carboxylic acids is 3. The molecular formula is C20H20N2O4. The number of Topliss-reactive ketones (excluding diaryl/α,β-unsaturated/α-hetero) is 1. The number of nitrogens with one attached hydrogen (secondary N) is 1. The number of amides is 3. The van der Waals surface area contributed by atoms with E-state index in [0.717, 1.165) is 4.90 Å². The molecule has 0 saturated carbocycles. The van der Waals surface area contributed by atoms with Crippen molar-refractivity contribution < 1.29 is 19.1 Å². The van der Waals surface area contributed by atoms with E-state index in [1.165, 1.54) is 14.0 Å². The van der Waals surface area contributed by atoms with Crippen molar-refractivity contribution in [2.45, 2.75) is 25.9 Å². The minimum Gasteiger partial charge on any atom is -0.496 e. The number of ketones is 1. The fourth-order valence-electron chi connectivity index (χ4n) is 3.10. The van der Waals surface area contributed by atoms with E-state index in [0.29, 0.717) is 22.4 Å². The molecule has 1 aliphatic rings. The van der Waals surface area contributed by atoms with Crippen molar-refractivity contribution in [2.75, 3.05) is 7.11 Å². The lowest BCUT2D eigenvalue weighted by molar-refractivity contribution is -0.131. The number of ether oxygens (including phenoxy) is 1. The Balaban J connectivity index is 1.94. The van der Waals surface area contributed by atoms with Gasteiger partial charge in [-0.2, -0.15) is 0 Å². The second-order valence-corrected chi connectivity index (χ2v) is 6.40. The van der Waals surface area contributed by atoms with Crippen LogP contribution in [0.3, 0.4) is 0 Å². The lowest BCUT2D eigenvalue weighted by Gasteiger charge is -2.22. The van der Waals surface area contributed by atoms with Crippen LogP contribution < -0.4 is 10.1 Å². The van der Waals surface area contributed by atoms with Crippen molar-refractivity contribution in [3.05, 3.63) is 65.2 Å². The van der Waals surface area contributed by atoms with Gasteiger partial charge in [0.15, 0.2) is 5.78 Å². The van der Waals surface area contributed by atoms with Gasteiger partial charge in [0.2, 0.25) is 0 Å². The largest absolute Gasteiger partial charge is 0.496 e. The van der Waals surface area contributed by atoms with Crippen LogP contribution in [0.2, 0.25) is 0 Å². The van der Waals surface area contributed by atoms with Gasteiger partial charge in [-0.15, -0.1) is 0 Å². The quantitative estimate of drug-likeness (QED) is 0.663. The predicted octanol–water partition coefficient (Wildman–Crippen LogP) is 2.87. The van der Waals surface area contributed by atoms with Crippen LogP contribution in [-0.2, 0) is 16.9 Å². The predicted molar refractivity (Wildman–Crippen MR) is 95.9 cm³/mol. The lowest BCUT2D eigenvalue weighted by atomic mass is 9.92. The van der Waals surface area contributed by atoms with Gasteiger partial charge in [0.1, 0.15) is 11.3 Å². The zero-order chi connectivity index (χ0) is 18.9. The summed E-state index contributed by atoms with van der Waals surface area (Å²) in [6.07, 6.45) is 0. The smallest absolute Gasteiger partial charge is 0.325 e. The van der Waals surface area contributed by atoms with Gasteiger partial charge in [-0.1, -0.05) is 30.3 Å². The van der Waals surface area contributed by atoms with E-state index in [4.69, 9.17) is 4.74 Å². The zero-order valence-electron chi connectivity index (χ0n) is 14.9. The fourth-order valence-corrected chi connectivity index (χ4v) is 3.10. The maximum atomic E-state index is 13.0. The van der Waals surface area contributed by atoms with E-state index >= 15 is 0 Å². The molecule has 0 unspecified atom stereocenters. The van der Waals surface area contributed by atoms with Crippen LogP contribution in [0.5, 0.6) is 5.75 Å². The lowest BCUT2D eigenvalue weighted by Crippen LogP contribution is -2.40. The zero-order valence-corrected chi connectivity index (χ0v) is 14.9. The maximum absolute atomic E-state index is 13.0. The molecule has 0 bridgehead atoms. The average molecular weight is 352 g/mol. The second kappa shape index (κ2) is 6.63. The number of rotatable bonds is 5. The average Bonchev–Trinajstić information content (AvgIpc) is 2.86. The number of carbonyl (C=O) groups is 3. The van der Waals surface area contributed by atoms with Crippen LogP contribution in [0.25, 0.3) is 0 Å². The fraction of sp³-hybridized carbons (Fsp3) is 0.250. The summed E-state index contributed by atoms with van der Waals surface area (Å²) in [6, 6.07) is 13.6. The third kappa shape index (κ3) is 2.94. The van der Waals surface area contributed by atoms with Crippen LogP contribution in [-0.4, -0.2) is 29.7 Å². The second-order valence-electron chi connectivity index (χ2n) is 6.40. The van der Waals surface area contributed by atoms with E-state index in [1.54, 1.807) is 37.3 Å². The van der Waals surface area contributed by atoms with Crippen molar-refractivity contribution in [3.8, 4) is 5.75 Å². The minimum atomic E-state index is -1.12. The summed E-state index contributed by atoms with van der Waals surface area (Å²) in [5, 5.41) is 2.77. The van der Waals surface area contributed by atoms with Gasteiger partial charge in [-0.05, 0) is 37.6 Å². The Morgan fingerprint density at radius 3 is 2.46 bits per heavy atom. The van der Waals surface area contributed by atoms with Crippen molar-refractivity contribution >= 4 is 17.7 Å². The molecule has 6 heteroatoms. The van der Waals surface area contributed by atoms with Gasteiger partial charge in [0, 0.05) is 11.1 Å². The normalized spacial score (nSPS) is 19.4.